The molecule has 1 aromatic heterocycles. The zero-order valence-electron chi connectivity index (χ0n) is 9.45. The van der Waals surface area contributed by atoms with Gasteiger partial charge < -0.3 is 4.74 Å². The molecule has 0 bridgehead atoms. The van der Waals surface area contributed by atoms with Crippen LogP contribution < -0.4 is 4.74 Å². The van der Waals surface area contributed by atoms with Gasteiger partial charge in [-0.1, -0.05) is 15.9 Å². The third-order valence-corrected chi connectivity index (χ3v) is 2.66. The van der Waals surface area contributed by atoms with Crippen molar-refractivity contribution >= 4 is 15.9 Å². The first-order valence-corrected chi connectivity index (χ1v) is 5.89. The van der Waals surface area contributed by atoms with Crippen molar-refractivity contribution in [1.82, 2.24) is 4.98 Å². The Morgan fingerprint density at radius 1 is 1.33 bits per heavy atom. The van der Waals surface area contributed by atoms with E-state index >= 15 is 0 Å². The van der Waals surface area contributed by atoms with Crippen molar-refractivity contribution < 1.29 is 9.13 Å². The highest BCUT2D eigenvalue weighted by Gasteiger charge is 2.07. The number of pyridine rings is 1. The normalized spacial score (nSPS) is 9.89. The SMILES string of the molecule is Cc1cc(C#N)cc(Oc2ccc(Br)cc2F)n1. The average molecular weight is 307 g/mol. The minimum atomic E-state index is -0.494. The van der Waals surface area contributed by atoms with Gasteiger partial charge in [-0.25, -0.2) is 9.37 Å². The van der Waals surface area contributed by atoms with Crippen LogP contribution in [0.1, 0.15) is 11.3 Å². The second-order valence-corrected chi connectivity index (χ2v) is 4.54. The second kappa shape index (κ2) is 5.15. The molecule has 0 saturated carbocycles. The molecule has 1 heterocycles. The highest BCUT2D eigenvalue weighted by atomic mass is 79.9. The summed E-state index contributed by atoms with van der Waals surface area (Å²) in [6, 6.07) is 9.56. The van der Waals surface area contributed by atoms with Crippen molar-refractivity contribution in [1.29, 1.82) is 5.26 Å². The van der Waals surface area contributed by atoms with E-state index in [0.29, 0.717) is 15.7 Å². The Morgan fingerprint density at radius 3 is 2.78 bits per heavy atom. The van der Waals surface area contributed by atoms with Crippen molar-refractivity contribution in [3.05, 3.63) is 51.9 Å². The Morgan fingerprint density at radius 2 is 2.11 bits per heavy atom. The summed E-state index contributed by atoms with van der Waals surface area (Å²) >= 11 is 3.16. The van der Waals surface area contributed by atoms with E-state index in [0.717, 1.165) is 0 Å². The molecule has 2 aromatic rings. The molecule has 0 radical (unpaired) electrons. The Kier molecular flexibility index (Phi) is 3.58. The highest BCUT2D eigenvalue weighted by Crippen LogP contribution is 2.26. The van der Waals surface area contributed by atoms with E-state index in [1.807, 2.05) is 6.07 Å². The van der Waals surface area contributed by atoms with E-state index in [4.69, 9.17) is 10.00 Å². The standard InChI is InChI=1S/C13H8BrFN2O/c1-8-4-9(7-16)5-13(17-8)18-12-3-2-10(14)6-11(12)15/h2-6H,1H3. The van der Waals surface area contributed by atoms with Gasteiger partial charge in [0.05, 0.1) is 11.6 Å². The van der Waals surface area contributed by atoms with Gasteiger partial charge in [0.25, 0.3) is 0 Å². The van der Waals surface area contributed by atoms with Crippen LogP contribution in [-0.4, -0.2) is 4.98 Å². The number of hydrogen-bond acceptors (Lipinski definition) is 3. The van der Waals surface area contributed by atoms with Gasteiger partial charge in [0.15, 0.2) is 11.6 Å². The minimum absolute atomic E-state index is 0.0696. The minimum Gasteiger partial charge on any atom is -0.436 e. The van der Waals surface area contributed by atoms with E-state index in [2.05, 4.69) is 20.9 Å². The summed E-state index contributed by atoms with van der Waals surface area (Å²) in [5.74, 6) is -0.223. The van der Waals surface area contributed by atoms with E-state index in [-0.39, 0.29) is 11.6 Å². The van der Waals surface area contributed by atoms with Crippen LogP contribution in [0, 0.1) is 24.1 Å². The number of ether oxygens (including phenoxy) is 1. The molecule has 0 fully saturated rings. The highest BCUT2D eigenvalue weighted by molar-refractivity contribution is 9.10. The third-order valence-electron chi connectivity index (χ3n) is 2.17. The summed E-state index contributed by atoms with van der Waals surface area (Å²) in [5, 5.41) is 8.83. The van der Waals surface area contributed by atoms with Crippen LogP contribution in [-0.2, 0) is 0 Å². The smallest absolute Gasteiger partial charge is 0.220 e. The molecule has 2 rings (SSSR count). The summed E-state index contributed by atoms with van der Waals surface area (Å²) in [4.78, 5) is 4.09. The lowest BCUT2D eigenvalue weighted by molar-refractivity contribution is 0.426. The van der Waals surface area contributed by atoms with Crippen LogP contribution in [0.15, 0.2) is 34.8 Å². The van der Waals surface area contributed by atoms with Gasteiger partial charge in [-0.3, -0.25) is 0 Å². The van der Waals surface area contributed by atoms with E-state index < -0.39 is 5.82 Å². The first-order valence-electron chi connectivity index (χ1n) is 5.10. The quantitative estimate of drug-likeness (QED) is 0.843. The molecular formula is C13H8BrFN2O. The van der Waals surface area contributed by atoms with Crippen molar-refractivity contribution in [2.24, 2.45) is 0 Å². The molecule has 0 N–H and O–H groups in total. The molecule has 0 aliphatic carbocycles. The molecule has 0 aliphatic rings. The fraction of sp³-hybridized carbons (Fsp3) is 0.0769. The summed E-state index contributed by atoms with van der Waals surface area (Å²) in [6.45, 7) is 1.74. The number of nitriles is 1. The molecule has 0 saturated heterocycles. The van der Waals surface area contributed by atoms with Gasteiger partial charge in [-0.15, -0.1) is 0 Å². The van der Waals surface area contributed by atoms with Gasteiger partial charge in [-0.2, -0.15) is 5.26 Å². The molecule has 1 aromatic carbocycles. The van der Waals surface area contributed by atoms with Gasteiger partial charge >= 0.3 is 0 Å². The Labute approximate surface area is 112 Å². The number of hydrogen-bond donors (Lipinski definition) is 0. The third kappa shape index (κ3) is 2.84. The average Bonchev–Trinajstić information content (AvgIpc) is 2.32. The van der Waals surface area contributed by atoms with Crippen LogP contribution in [0.3, 0.4) is 0 Å². The van der Waals surface area contributed by atoms with E-state index in [1.54, 1.807) is 19.1 Å². The number of aryl methyl sites for hydroxylation is 1. The molecule has 0 atom stereocenters. The van der Waals surface area contributed by atoms with Gasteiger partial charge in [0.2, 0.25) is 5.88 Å². The van der Waals surface area contributed by atoms with Crippen molar-refractivity contribution in [3.63, 3.8) is 0 Å². The molecule has 0 aliphatic heterocycles. The molecule has 90 valence electrons. The second-order valence-electron chi connectivity index (χ2n) is 3.62. The molecule has 0 spiro atoms. The lowest BCUT2D eigenvalue weighted by atomic mass is 10.2. The number of halogens is 2. The Balaban J connectivity index is 2.34. The monoisotopic (exact) mass is 306 g/mol. The van der Waals surface area contributed by atoms with Crippen LogP contribution >= 0.6 is 15.9 Å². The molecule has 3 nitrogen and oxygen atoms in total. The number of nitrogens with zero attached hydrogens (tertiary/aromatic N) is 2. The van der Waals surface area contributed by atoms with Crippen molar-refractivity contribution in [2.75, 3.05) is 0 Å². The molecule has 0 unspecified atom stereocenters. The predicted octanol–water partition coefficient (Wildman–Crippen LogP) is 3.96. The van der Waals surface area contributed by atoms with Gasteiger partial charge in [-0.05, 0) is 31.2 Å². The Hall–Kier alpha value is -1.93. The maximum atomic E-state index is 13.6. The van der Waals surface area contributed by atoms with Crippen LogP contribution in [0.4, 0.5) is 4.39 Å². The van der Waals surface area contributed by atoms with Crippen molar-refractivity contribution in [2.45, 2.75) is 6.92 Å². The summed E-state index contributed by atoms with van der Waals surface area (Å²) in [6.07, 6.45) is 0. The number of benzene rings is 1. The summed E-state index contributed by atoms with van der Waals surface area (Å²) in [5.41, 5.74) is 1.07. The van der Waals surface area contributed by atoms with Crippen molar-refractivity contribution in [3.8, 4) is 17.7 Å². The molecule has 18 heavy (non-hydrogen) atoms. The van der Waals surface area contributed by atoms with Crippen LogP contribution in [0.25, 0.3) is 0 Å². The van der Waals surface area contributed by atoms with Gasteiger partial charge in [0.1, 0.15) is 0 Å². The summed E-state index contributed by atoms with van der Waals surface area (Å²) in [7, 11) is 0. The summed E-state index contributed by atoms with van der Waals surface area (Å²) < 4.78 is 19.5. The lowest BCUT2D eigenvalue weighted by Gasteiger charge is -2.07. The van der Waals surface area contributed by atoms with E-state index in [1.165, 1.54) is 18.2 Å². The maximum Gasteiger partial charge on any atom is 0.220 e. The molecular weight excluding hydrogens is 299 g/mol. The maximum absolute atomic E-state index is 13.6. The number of aromatic nitrogens is 1. The fourth-order valence-corrected chi connectivity index (χ4v) is 1.76. The Bertz CT molecular complexity index is 637. The number of rotatable bonds is 2. The zero-order chi connectivity index (χ0) is 13.1. The topological polar surface area (TPSA) is 45.9 Å². The first-order chi connectivity index (χ1) is 8.58. The van der Waals surface area contributed by atoms with Crippen LogP contribution in [0.5, 0.6) is 11.6 Å². The lowest BCUT2D eigenvalue weighted by Crippen LogP contribution is -1.93. The predicted molar refractivity (Wildman–Crippen MR) is 67.9 cm³/mol. The molecule has 0 amide bonds. The van der Waals surface area contributed by atoms with Gasteiger partial charge in [0, 0.05) is 16.2 Å². The molecule has 5 heteroatoms. The fourth-order valence-electron chi connectivity index (χ4n) is 1.43. The largest absolute Gasteiger partial charge is 0.436 e. The zero-order valence-corrected chi connectivity index (χ0v) is 11.0. The van der Waals surface area contributed by atoms with E-state index in [9.17, 15) is 4.39 Å². The van der Waals surface area contributed by atoms with Crippen LogP contribution in [0.2, 0.25) is 0 Å². The first kappa shape index (κ1) is 12.5.